The molecule has 7 nitrogen and oxygen atoms in total. The first kappa shape index (κ1) is 12.6. The van der Waals surface area contributed by atoms with Crippen LogP contribution in [0.25, 0.3) is 22.9 Å². The number of nitrogens with zero attached hydrogens (tertiary/aromatic N) is 4. The maximum Gasteiger partial charge on any atom is 0.253 e. The topological polar surface area (TPSA) is 96.5 Å². The third-order valence-electron chi connectivity index (χ3n) is 3.55. The Kier molecular flexibility index (Phi) is 2.89. The molecule has 0 bridgehead atoms. The minimum absolute atomic E-state index is 0.0474. The Labute approximate surface area is 125 Å². The predicted molar refractivity (Wildman–Crippen MR) is 78.9 cm³/mol. The van der Waals surface area contributed by atoms with Gasteiger partial charge in [0.1, 0.15) is 12.0 Å². The molecule has 3 aromatic heterocycles. The highest BCUT2D eigenvalue weighted by atomic mass is 16.1. The fraction of sp³-hybridized carbons (Fsp3) is 0.133. The summed E-state index contributed by atoms with van der Waals surface area (Å²) < 4.78 is 0. The van der Waals surface area contributed by atoms with E-state index in [0.29, 0.717) is 23.6 Å². The zero-order valence-corrected chi connectivity index (χ0v) is 11.6. The van der Waals surface area contributed by atoms with E-state index >= 15 is 0 Å². The molecule has 1 amide bonds. The van der Waals surface area contributed by atoms with Gasteiger partial charge in [0, 0.05) is 31.1 Å². The predicted octanol–water partition coefficient (Wildman–Crippen LogP) is 1.21. The maximum atomic E-state index is 11.8. The van der Waals surface area contributed by atoms with E-state index < -0.39 is 0 Å². The van der Waals surface area contributed by atoms with E-state index in [2.05, 4.69) is 30.2 Å². The van der Waals surface area contributed by atoms with Gasteiger partial charge in [-0.05, 0) is 18.2 Å². The average Bonchev–Trinajstić information content (AvgIpc) is 3.02. The van der Waals surface area contributed by atoms with Crippen molar-refractivity contribution >= 4 is 5.91 Å². The summed E-state index contributed by atoms with van der Waals surface area (Å²) in [5, 5.41) is 2.83. The van der Waals surface area contributed by atoms with E-state index in [4.69, 9.17) is 0 Å². The van der Waals surface area contributed by atoms with E-state index in [1.807, 2.05) is 6.07 Å². The van der Waals surface area contributed by atoms with Gasteiger partial charge in [-0.3, -0.25) is 4.79 Å². The molecule has 22 heavy (non-hydrogen) atoms. The van der Waals surface area contributed by atoms with E-state index in [1.54, 1.807) is 24.5 Å². The Morgan fingerprint density at radius 3 is 2.82 bits per heavy atom. The molecular formula is C15H12N6O. The largest absolute Gasteiger partial charge is 0.356 e. The van der Waals surface area contributed by atoms with Crippen LogP contribution in [0.1, 0.15) is 16.1 Å². The normalized spacial score (nSPS) is 13.5. The number of fused-ring (bicyclic) bond motifs is 1. The molecule has 2 N–H and O–H groups in total. The standard InChI is InChI=1S/C15H12N6O/c22-15-9-7-13(20-10(9)2-6-18-15)11-3-5-17-14(21-11)12-1-4-16-8-19-12/h1,3-5,7-8,20H,2,6H2,(H,18,22). The third-order valence-corrected chi connectivity index (χ3v) is 3.55. The van der Waals surface area contributed by atoms with Crippen molar-refractivity contribution in [3.63, 3.8) is 0 Å². The van der Waals surface area contributed by atoms with Crippen LogP contribution in [0, 0.1) is 0 Å². The lowest BCUT2D eigenvalue weighted by atomic mass is 10.1. The van der Waals surface area contributed by atoms with Crippen molar-refractivity contribution in [3.05, 3.63) is 48.2 Å². The Bertz CT molecular complexity index is 842. The monoisotopic (exact) mass is 292 g/mol. The quantitative estimate of drug-likeness (QED) is 0.740. The number of amides is 1. The number of rotatable bonds is 2. The van der Waals surface area contributed by atoms with Gasteiger partial charge in [-0.2, -0.15) is 0 Å². The van der Waals surface area contributed by atoms with Gasteiger partial charge < -0.3 is 10.3 Å². The Hall–Kier alpha value is -3.09. The van der Waals surface area contributed by atoms with Crippen LogP contribution in [0.3, 0.4) is 0 Å². The minimum Gasteiger partial charge on any atom is -0.356 e. The van der Waals surface area contributed by atoms with Crippen molar-refractivity contribution in [1.82, 2.24) is 30.2 Å². The van der Waals surface area contributed by atoms with Gasteiger partial charge in [-0.1, -0.05) is 0 Å². The molecule has 3 aromatic rings. The summed E-state index contributed by atoms with van der Waals surface area (Å²) >= 11 is 0. The summed E-state index contributed by atoms with van der Waals surface area (Å²) in [6, 6.07) is 5.39. The van der Waals surface area contributed by atoms with E-state index in [-0.39, 0.29) is 5.91 Å². The highest BCUT2D eigenvalue weighted by Crippen LogP contribution is 2.23. The fourth-order valence-electron chi connectivity index (χ4n) is 2.49. The molecule has 0 saturated carbocycles. The van der Waals surface area contributed by atoms with Crippen molar-refractivity contribution < 1.29 is 4.79 Å². The third kappa shape index (κ3) is 2.12. The summed E-state index contributed by atoms with van der Waals surface area (Å²) in [5.74, 6) is 0.478. The number of hydrogen-bond acceptors (Lipinski definition) is 5. The molecule has 0 aromatic carbocycles. The molecule has 4 rings (SSSR count). The highest BCUT2D eigenvalue weighted by Gasteiger charge is 2.20. The van der Waals surface area contributed by atoms with Gasteiger partial charge in [0.25, 0.3) is 5.91 Å². The number of carbonyl (C=O) groups is 1. The number of aromatic amines is 1. The molecule has 0 atom stereocenters. The summed E-state index contributed by atoms with van der Waals surface area (Å²) in [5.41, 5.74) is 3.82. The lowest BCUT2D eigenvalue weighted by Gasteiger charge is -2.10. The average molecular weight is 292 g/mol. The highest BCUT2D eigenvalue weighted by molar-refractivity contribution is 5.97. The van der Waals surface area contributed by atoms with Crippen molar-refractivity contribution in [1.29, 1.82) is 0 Å². The lowest BCUT2D eigenvalue weighted by Crippen LogP contribution is -2.31. The Balaban J connectivity index is 1.76. The molecule has 0 saturated heterocycles. The first-order valence-corrected chi connectivity index (χ1v) is 6.91. The molecule has 0 fully saturated rings. The van der Waals surface area contributed by atoms with E-state index in [9.17, 15) is 4.79 Å². The summed E-state index contributed by atoms with van der Waals surface area (Å²) in [6.07, 6.45) is 5.59. The Morgan fingerprint density at radius 1 is 1.09 bits per heavy atom. The maximum absolute atomic E-state index is 11.8. The van der Waals surface area contributed by atoms with Crippen LogP contribution in [0.2, 0.25) is 0 Å². The van der Waals surface area contributed by atoms with Gasteiger partial charge in [0.2, 0.25) is 0 Å². The zero-order chi connectivity index (χ0) is 14.9. The first-order valence-electron chi connectivity index (χ1n) is 6.91. The van der Waals surface area contributed by atoms with Gasteiger partial charge in [-0.25, -0.2) is 19.9 Å². The van der Waals surface area contributed by atoms with Gasteiger partial charge in [0.05, 0.1) is 17.0 Å². The molecule has 4 heterocycles. The van der Waals surface area contributed by atoms with Gasteiger partial charge >= 0.3 is 0 Å². The molecule has 0 spiro atoms. The number of carbonyl (C=O) groups excluding carboxylic acids is 1. The number of hydrogen-bond donors (Lipinski definition) is 2. The molecular weight excluding hydrogens is 280 g/mol. The van der Waals surface area contributed by atoms with Gasteiger partial charge in [-0.15, -0.1) is 0 Å². The van der Waals surface area contributed by atoms with Crippen molar-refractivity contribution in [2.45, 2.75) is 6.42 Å². The molecule has 7 heteroatoms. The smallest absolute Gasteiger partial charge is 0.253 e. The van der Waals surface area contributed by atoms with Crippen LogP contribution >= 0.6 is 0 Å². The van der Waals surface area contributed by atoms with E-state index in [0.717, 1.165) is 23.5 Å². The molecule has 0 aliphatic carbocycles. The van der Waals surface area contributed by atoms with Crippen molar-refractivity contribution in [3.8, 4) is 22.9 Å². The van der Waals surface area contributed by atoms with Gasteiger partial charge in [0.15, 0.2) is 5.82 Å². The SMILES string of the molecule is O=C1NCCc2[nH]c(-c3ccnc(-c4ccncn4)n3)cc21. The van der Waals surface area contributed by atoms with Crippen LogP contribution in [0.5, 0.6) is 0 Å². The second kappa shape index (κ2) is 5.03. The fourth-order valence-corrected chi connectivity index (χ4v) is 2.49. The molecule has 0 radical (unpaired) electrons. The second-order valence-corrected chi connectivity index (χ2v) is 4.94. The van der Waals surface area contributed by atoms with Crippen LogP contribution < -0.4 is 5.32 Å². The van der Waals surface area contributed by atoms with Crippen LogP contribution in [0.15, 0.2) is 36.9 Å². The van der Waals surface area contributed by atoms with Crippen LogP contribution in [-0.4, -0.2) is 37.4 Å². The lowest BCUT2D eigenvalue weighted by molar-refractivity contribution is 0.0946. The molecule has 108 valence electrons. The summed E-state index contributed by atoms with van der Waals surface area (Å²) in [4.78, 5) is 31.9. The zero-order valence-electron chi connectivity index (χ0n) is 11.6. The van der Waals surface area contributed by atoms with Crippen LogP contribution in [0.4, 0.5) is 0 Å². The van der Waals surface area contributed by atoms with Crippen molar-refractivity contribution in [2.24, 2.45) is 0 Å². The molecule has 1 aliphatic heterocycles. The second-order valence-electron chi connectivity index (χ2n) is 4.94. The van der Waals surface area contributed by atoms with Crippen LogP contribution in [-0.2, 0) is 6.42 Å². The first-order chi connectivity index (χ1) is 10.8. The molecule has 0 unspecified atom stereocenters. The number of nitrogens with one attached hydrogen (secondary N) is 2. The van der Waals surface area contributed by atoms with E-state index in [1.165, 1.54) is 6.33 Å². The Morgan fingerprint density at radius 2 is 2.00 bits per heavy atom. The van der Waals surface area contributed by atoms with Crippen molar-refractivity contribution in [2.75, 3.05) is 6.54 Å². The molecule has 1 aliphatic rings. The summed E-state index contributed by atoms with van der Waals surface area (Å²) in [6.45, 7) is 0.655. The minimum atomic E-state index is -0.0474. The number of aromatic nitrogens is 5. The summed E-state index contributed by atoms with van der Waals surface area (Å²) in [7, 11) is 0. The number of H-pyrrole nitrogens is 1.